The van der Waals surface area contributed by atoms with Crippen molar-refractivity contribution in [1.29, 1.82) is 5.26 Å². The molecule has 6 nitrogen and oxygen atoms in total. The van der Waals surface area contributed by atoms with Gasteiger partial charge in [-0.3, -0.25) is 0 Å². The molecule has 0 amide bonds. The Morgan fingerprint density at radius 3 is 2.71 bits per heavy atom. The van der Waals surface area contributed by atoms with Crippen molar-refractivity contribution < 1.29 is 23.7 Å². The van der Waals surface area contributed by atoms with Crippen LogP contribution in [0.1, 0.15) is 43.7 Å². The Morgan fingerprint density at radius 2 is 2.08 bits per heavy atom. The molecule has 1 fully saturated rings. The van der Waals surface area contributed by atoms with Crippen molar-refractivity contribution in [3.8, 4) is 11.8 Å². The molecule has 0 spiro atoms. The standard InChI is InChI=1S/C18H23NO5/c1-3-4-5-6-17-21-11-15(12-22-17)23-18(20)24-16-8-7-14(10-19)9-13(16)2/h7-9,15,17H,3-6,11-12H2,1-2H3. The number of rotatable bonds is 6. The van der Waals surface area contributed by atoms with E-state index >= 15 is 0 Å². The summed E-state index contributed by atoms with van der Waals surface area (Å²) in [6.07, 6.45) is 2.73. The second-order valence-electron chi connectivity index (χ2n) is 5.78. The number of ether oxygens (including phenoxy) is 4. The van der Waals surface area contributed by atoms with Crippen molar-refractivity contribution >= 4 is 6.16 Å². The zero-order valence-electron chi connectivity index (χ0n) is 14.1. The van der Waals surface area contributed by atoms with Crippen molar-refractivity contribution in [2.24, 2.45) is 0 Å². The molecule has 0 saturated carbocycles. The Bertz CT molecular complexity index is 588. The summed E-state index contributed by atoms with van der Waals surface area (Å²) in [5, 5.41) is 8.83. The number of nitriles is 1. The highest BCUT2D eigenvalue weighted by Crippen LogP contribution is 2.20. The molecule has 0 unspecified atom stereocenters. The minimum Gasteiger partial charge on any atom is -0.426 e. The van der Waals surface area contributed by atoms with Gasteiger partial charge in [0.2, 0.25) is 0 Å². The fourth-order valence-electron chi connectivity index (χ4n) is 2.40. The fourth-order valence-corrected chi connectivity index (χ4v) is 2.40. The molecular weight excluding hydrogens is 310 g/mol. The highest BCUT2D eigenvalue weighted by atomic mass is 16.8. The Hall–Kier alpha value is -2.10. The monoisotopic (exact) mass is 333 g/mol. The summed E-state index contributed by atoms with van der Waals surface area (Å²) in [6.45, 7) is 4.52. The Kier molecular flexibility index (Phi) is 7.04. The predicted molar refractivity (Wildman–Crippen MR) is 86.6 cm³/mol. The van der Waals surface area contributed by atoms with Crippen molar-refractivity contribution in [3.05, 3.63) is 29.3 Å². The molecule has 1 aliphatic rings. The van der Waals surface area contributed by atoms with Gasteiger partial charge in [-0.1, -0.05) is 19.8 Å². The second kappa shape index (κ2) is 9.26. The van der Waals surface area contributed by atoms with Crippen LogP contribution in [0, 0.1) is 18.3 Å². The SMILES string of the molecule is CCCCCC1OCC(OC(=O)Oc2ccc(C#N)cc2C)CO1. The van der Waals surface area contributed by atoms with E-state index in [4.69, 9.17) is 24.2 Å². The van der Waals surface area contributed by atoms with Crippen LogP contribution in [0.5, 0.6) is 5.75 Å². The number of nitrogens with zero attached hydrogens (tertiary/aromatic N) is 1. The van der Waals surface area contributed by atoms with Crippen LogP contribution in [0.4, 0.5) is 4.79 Å². The molecule has 0 aliphatic carbocycles. The molecule has 1 aliphatic heterocycles. The third-order valence-corrected chi connectivity index (χ3v) is 3.74. The van der Waals surface area contributed by atoms with Crippen LogP contribution in [0.3, 0.4) is 0 Å². The van der Waals surface area contributed by atoms with Gasteiger partial charge >= 0.3 is 6.16 Å². The predicted octanol–water partition coefficient (Wildman–Crippen LogP) is 3.70. The summed E-state index contributed by atoms with van der Waals surface area (Å²) in [5.41, 5.74) is 1.20. The van der Waals surface area contributed by atoms with Crippen LogP contribution in [-0.4, -0.2) is 31.8 Å². The van der Waals surface area contributed by atoms with E-state index in [0.29, 0.717) is 30.1 Å². The van der Waals surface area contributed by atoms with E-state index in [-0.39, 0.29) is 6.29 Å². The van der Waals surface area contributed by atoms with Gasteiger partial charge in [0, 0.05) is 0 Å². The van der Waals surface area contributed by atoms with Crippen molar-refractivity contribution in [2.45, 2.75) is 51.9 Å². The minimum absolute atomic E-state index is 0.215. The summed E-state index contributed by atoms with van der Waals surface area (Å²) in [6, 6.07) is 6.84. The normalized spacial score (nSPS) is 20.2. The van der Waals surface area contributed by atoms with E-state index in [9.17, 15) is 4.79 Å². The number of carbonyl (C=O) groups excluding carboxylic acids is 1. The second-order valence-corrected chi connectivity index (χ2v) is 5.78. The number of hydrogen-bond donors (Lipinski definition) is 0. The summed E-state index contributed by atoms with van der Waals surface area (Å²) < 4.78 is 21.5. The molecule has 24 heavy (non-hydrogen) atoms. The molecule has 0 N–H and O–H groups in total. The first-order valence-corrected chi connectivity index (χ1v) is 8.24. The third-order valence-electron chi connectivity index (χ3n) is 3.74. The lowest BCUT2D eigenvalue weighted by Crippen LogP contribution is -2.39. The summed E-state index contributed by atoms with van der Waals surface area (Å²) in [7, 11) is 0. The van der Waals surface area contributed by atoms with Crippen molar-refractivity contribution in [3.63, 3.8) is 0 Å². The van der Waals surface area contributed by atoms with Gasteiger partial charge in [0.1, 0.15) is 5.75 Å². The number of benzene rings is 1. The Labute approximate surface area is 142 Å². The molecule has 1 heterocycles. The molecule has 1 aromatic rings. The molecule has 0 radical (unpaired) electrons. The van der Waals surface area contributed by atoms with Crippen LogP contribution >= 0.6 is 0 Å². The maximum Gasteiger partial charge on any atom is 0.514 e. The van der Waals surface area contributed by atoms with Gasteiger partial charge in [0.05, 0.1) is 24.8 Å². The van der Waals surface area contributed by atoms with E-state index in [0.717, 1.165) is 25.7 Å². The number of carbonyl (C=O) groups is 1. The average Bonchev–Trinajstić information content (AvgIpc) is 2.58. The van der Waals surface area contributed by atoms with Gasteiger partial charge in [0.25, 0.3) is 0 Å². The van der Waals surface area contributed by atoms with E-state index in [2.05, 4.69) is 6.92 Å². The molecule has 2 rings (SSSR count). The highest BCUT2D eigenvalue weighted by Gasteiger charge is 2.25. The van der Waals surface area contributed by atoms with Crippen molar-refractivity contribution in [2.75, 3.05) is 13.2 Å². The molecule has 0 atom stereocenters. The lowest BCUT2D eigenvalue weighted by molar-refractivity contribution is -0.220. The van der Waals surface area contributed by atoms with Crippen LogP contribution in [0.2, 0.25) is 0 Å². The van der Waals surface area contributed by atoms with Crippen LogP contribution in [-0.2, 0) is 14.2 Å². The first kappa shape index (κ1) is 18.2. The Balaban J connectivity index is 1.75. The van der Waals surface area contributed by atoms with Gasteiger partial charge in [-0.2, -0.15) is 5.26 Å². The van der Waals surface area contributed by atoms with E-state index < -0.39 is 12.3 Å². The molecule has 0 aromatic heterocycles. The number of hydrogen-bond acceptors (Lipinski definition) is 6. The maximum atomic E-state index is 11.9. The summed E-state index contributed by atoms with van der Waals surface area (Å²) >= 11 is 0. The number of unbranched alkanes of at least 4 members (excludes halogenated alkanes) is 2. The van der Waals surface area contributed by atoms with E-state index in [1.54, 1.807) is 25.1 Å². The van der Waals surface area contributed by atoms with E-state index in [1.807, 2.05) is 6.07 Å². The van der Waals surface area contributed by atoms with Gasteiger partial charge < -0.3 is 18.9 Å². The first-order chi connectivity index (χ1) is 11.6. The van der Waals surface area contributed by atoms with E-state index in [1.165, 1.54) is 0 Å². The van der Waals surface area contributed by atoms with Gasteiger partial charge in [0.15, 0.2) is 12.4 Å². The van der Waals surface area contributed by atoms with Gasteiger partial charge in [-0.15, -0.1) is 0 Å². The smallest absolute Gasteiger partial charge is 0.426 e. The largest absolute Gasteiger partial charge is 0.514 e. The summed E-state index contributed by atoms with van der Waals surface area (Å²) in [4.78, 5) is 11.9. The van der Waals surface area contributed by atoms with Gasteiger partial charge in [-0.25, -0.2) is 4.79 Å². The highest BCUT2D eigenvalue weighted by molar-refractivity contribution is 5.65. The molecule has 130 valence electrons. The molecule has 6 heteroatoms. The zero-order valence-corrected chi connectivity index (χ0v) is 14.1. The molecular formula is C18H23NO5. The summed E-state index contributed by atoms with van der Waals surface area (Å²) in [5.74, 6) is 0.370. The van der Waals surface area contributed by atoms with Crippen LogP contribution < -0.4 is 4.74 Å². The van der Waals surface area contributed by atoms with Crippen molar-refractivity contribution in [1.82, 2.24) is 0 Å². The minimum atomic E-state index is -0.801. The lowest BCUT2D eigenvalue weighted by atomic mass is 10.1. The molecule has 1 aromatic carbocycles. The van der Waals surface area contributed by atoms with Crippen LogP contribution in [0.15, 0.2) is 18.2 Å². The zero-order chi connectivity index (χ0) is 17.4. The van der Waals surface area contributed by atoms with Gasteiger partial charge in [-0.05, 0) is 43.5 Å². The first-order valence-electron chi connectivity index (χ1n) is 8.24. The topological polar surface area (TPSA) is 77.8 Å². The molecule has 1 saturated heterocycles. The fraction of sp³-hybridized carbons (Fsp3) is 0.556. The number of aryl methyl sites for hydroxylation is 1. The lowest BCUT2D eigenvalue weighted by Gasteiger charge is -2.28. The third kappa shape index (κ3) is 5.52. The average molecular weight is 333 g/mol. The molecule has 0 bridgehead atoms. The Morgan fingerprint density at radius 1 is 1.33 bits per heavy atom. The van der Waals surface area contributed by atoms with Crippen LogP contribution in [0.25, 0.3) is 0 Å². The quantitative estimate of drug-likeness (QED) is 0.449. The maximum absolute atomic E-state index is 11.9.